The van der Waals surface area contributed by atoms with E-state index in [1.165, 1.54) is 5.56 Å². The molecule has 102 valence electrons. The van der Waals surface area contributed by atoms with Crippen LogP contribution in [0, 0.1) is 6.92 Å². The van der Waals surface area contributed by atoms with Crippen molar-refractivity contribution in [3.8, 4) is 0 Å². The molecule has 0 aliphatic heterocycles. The molecule has 0 aromatic carbocycles. The lowest BCUT2D eigenvalue weighted by molar-refractivity contribution is 0.548. The first-order valence-electron chi connectivity index (χ1n) is 6.44. The fourth-order valence-corrected chi connectivity index (χ4v) is 2.51. The number of halogens is 1. The molecular formula is C14H19ClN4. The fraction of sp³-hybridized carbons (Fsp3) is 0.429. The van der Waals surface area contributed by atoms with Crippen LogP contribution in [-0.4, -0.2) is 21.3 Å². The van der Waals surface area contributed by atoms with Crippen LogP contribution in [0.5, 0.6) is 0 Å². The molecule has 0 saturated carbocycles. The number of nitrogens with zero attached hydrogens (tertiary/aromatic N) is 3. The van der Waals surface area contributed by atoms with Crippen LogP contribution in [-0.2, 0) is 13.5 Å². The van der Waals surface area contributed by atoms with Gasteiger partial charge in [0.2, 0.25) is 0 Å². The summed E-state index contributed by atoms with van der Waals surface area (Å²) in [6, 6.07) is 4.30. The van der Waals surface area contributed by atoms with Crippen molar-refractivity contribution in [3.05, 3.63) is 46.5 Å². The second-order valence-corrected chi connectivity index (χ2v) is 4.93. The topological polar surface area (TPSA) is 42.7 Å². The first-order chi connectivity index (χ1) is 9.13. The number of hydrogen-bond donors (Lipinski definition) is 1. The molecule has 1 atom stereocenters. The molecule has 0 saturated heterocycles. The minimum absolute atomic E-state index is 0.230. The standard InChI is InChI=1S/C14H19ClN4/c1-4-17-13(11-5-7-16-8-6-11)9-12-10(2)18-19(3)14(12)15/h5-8,13,17H,4,9H2,1-3H3. The molecule has 0 aliphatic carbocycles. The van der Waals surface area contributed by atoms with Gasteiger partial charge in [-0.15, -0.1) is 0 Å². The third kappa shape index (κ3) is 3.14. The number of aromatic nitrogens is 3. The van der Waals surface area contributed by atoms with Crippen LogP contribution < -0.4 is 5.32 Å². The van der Waals surface area contributed by atoms with E-state index in [0.29, 0.717) is 0 Å². The summed E-state index contributed by atoms with van der Waals surface area (Å²) in [4.78, 5) is 4.06. The smallest absolute Gasteiger partial charge is 0.130 e. The van der Waals surface area contributed by atoms with Crippen molar-refractivity contribution in [1.29, 1.82) is 0 Å². The molecule has 0 spiro atoms. The minimum atomic E-state index is 0.230. The largest absolute Gasteiger partial charge is 0.310 e. The highest BCUT2D eigenvalue weighted by Gasteiger charge is 2.17. The van der Waals surface area contributed by atoms with Crippen LogP contribution in [0.15, 0.2) is 24.5 Å². The first kappa shape index (κ1) is 14.0. The van der Waals surface area contributed by atoms with Crippen LogP contribution in [0.2, 0.25) is 5.15 Å². The zero-order valence-electron chi connectivity index (χ0n) is 11.5. The quantitative estimate of drug-likeness (QED) is 0.914. The molecule has 0 bridgehead atoms. The summed E-state index contributed by atoms with van der Waals surface area (Å²) in [7, 11) is 1.87. The molecule has 2 aromatic rings. The maximum absolute atomic E-state index is 6.31. The second kappa shape index (κ2) is 6.17. The Balaban J connectivity index is 2.26. The van der Waals surface area contributed by atoms with Gasteiger partial charge >= 0.3 is 0 Å². The fourth-order valence-electron chi connectivity index (χ4n) is 2.26. The van der Waals surface area contributed by atoms with E-state index in [1.54, 1.807) is 4.68 Å². The van der Waals surface area contributed by atoms with Crippen LogP contribution in [0.1, 0.15) is 29.8 Å². The molecule has 0 radical (unpaired) electrons. The molecule has 4 nitrogen and oxygen atoms in total. The highest BCUT2D eigenvalue weighted by atomic mass is 35.5. The van der Waals surface area contributed by atoms with E-state index >= 15 is 0 Å². The van der Waals surface area contributed by atoms with Crippen molar-refractivity contribution in [3.63, 3.8) is 0 Å². The van der Waals surface area contributed by atoms with E-state index in [0.717, 1.165) is 29.4 Å². The molecule has 2 aromatic heterocycles. The third-order valence-electron chi connectivity index (χ3n) is 3.24. The maximum atomic E-state index is 6.31. The first-order valence-corrected chi connectivity index (χ1v) is 6.82. The van der Waals surface area contributed by atoms with Gasteiger partial charge in [-0.05, 0) is 37.6 Å². The van der Waals surface area contributed by atoms with Gasteiger partial charge in [0.05, 0.1) is 5.69 Å². The van der Waals surface area contributed by atoms with Gasteiger partial charge in [-0.2, -0.15) is 5.10 Å². The highest BCUT2D eigenvalue weighted by molar-refractivity contribution is 6.30. The van der Waals surface area contributed by atoms with Crippen molar-refractivity contribution < 1.29 is 0 Å². The summed E-state index contributed by atoms with van der Waals surface area (Å²) < 4.78 is 1.72. The Morgan fingerprint density at radius 1 is 1.37 bits per heavy atom. The Morgan fingerprint density at radius 3 is 2.58 bits per heavy atom. The van der Waals surface area contributed by atoms with Crippen LogP contribution in [0.3, 0.4) is 0 Å². The lowest BCUT2D eigenvalue weighted by Gasteiger charge is -2.18. The summed E-state index contributed by atoms with van der Waals surface area (Å²) >= 11 is 6.31. The van der Waals surface area contributed by atoms with E-state index in [9.17, 15) is 0 Å². The van der Waals surface area contributed by atoms with E-state index in [-0.39, 0.29) is 6.04 Å². The average Bonchev–Trinajstić information content (AvgIpc) is 2.65. The van der Waals surface area contributed by atoms with Crippen molar-refractivity contribution in [2.75, 3.05) is 6.54 Å². The molecule has 2 rings (SSSR count). The average molecular weight is 279 g/mol. The van der Waals surface area contributed by atoms with Gasteiger partial charge in [0.25, 0.3) is 0 Å². The number of hydrogen-bond acceptors (Lipinski definition) is 3. The number of aryl methyl sites for hydroxylation is 2. The molecule has 0 aliphatic rings. The summed E-state index contributed by atoms with van der Waals surface area (Å²) in [5.74, 6) is 0. The van der Waals surface area contributed by atoms with Gasteiger partial charge in [-0.3, -0.25) is 9.67 Å². The van der Waals surface area contributed by atoms with Crippen LogP contribution >= 0.6 is 11.6 Å². The summed E-state index contributed by atoms with van der Waals surface area (Å²) in [6.45, 7) is 5.01. The third-order valence-corrected chi connectivity index (χ3v) is 3.71. The Kier molecular flexibility index (Phi) is 4.56. The number of pyridine rings is 1. The molecule has 0 fully saturated rings. The Bertz CT molecular complexity index is 536. The predicted molar refractivity (Wildman–Crippen MR) is 77.3 cm³/mol. The highest BCUT2D eigenvalue weighted by Crippen LogP contribution is 2.25. The molecular weight excluding hydrogens is 260 g/mol. The van der Waals surface area contributed by atoms with Crippen LogP contribution in [0.25, 0.3) is 0 Å². The van der Waals surface area contributed by atoms with E-state index in [1.807, 2.05) is 38.5 Å². The van der Waals surface area contributed by atoms with Crippen molar-refractivity contribution in [1.82, 2.24) is 20.1 Å². The van der Waals surface area contributed by atoms with E-state index in [4.69, 9.17) is 11.6 Å². The number of rotatable bonds is 5. The van der Waals surface area contributed by atoms with Crippen LogP contribution in [0.4, 0.5) is 0 Å². The molecule has 5 heteroatoms. The van der Waals surface area contributed by atoms with Crippen molar-refractivity contribution in [2.24, 2.45) is 7.05 Å². The SMILES string of the molecule is CCNC(Cc1c(C)nn(C)c1Cl)c1ccncc1. The van der Waals surface area contributed by atoms with Gasteiger partial charge in [-0.1, -0.05) is 18.5 Å². The summed E-state index contributed by atoms with van der Waals surface area (Å²) in [5, 5.41) is 8.57. The van der Waals surface area contributed by atoms with Crippen molar-refractivity contribution >= 4 is 11.6 Å². The minimum Gasteiger partial charge on any atom is -0.310 e. The van der Waals surface area contributed by atoms with Gasteiger partial charge in [0.1, 0.15) is 5.15 Å². The monoisotopic (exact) mass is 278 g/mol. The normalized spacial score (nSPS) is 12.6. The summed E-state index contributed by atoms with van der Waals surface area (Å²) in [5.41, 5.74) is 3.31. The maximum Gasteiger partial charge on any atom is 0.130 e. The lowest BCUT2D eigenvalue weighted by Crippen LogP contribution is -2.23. The van der Waals surface area contributed by atoms with Gasteiger partial charge in [-0.25, -0.2) is 0 Å². The molecule has 1 unspecified atom stereocenters. The lowest BCUT2D eigenvalue weighted by atomic mass is 10.0. The Morgan fingerprint density at radius 2 is 2.05 bits per heavy atom. The summed E-state index contributed by atoms with van der Waals surface area (Å²) in [6.07, 6.45) is 4.46. The van der Waals surface area contributed by atoms with E-state index < -0.39 is 0 Å². The van der Waals surface area contributed by atoms with Crippen molar-refractivity contribution in [2.45, 2.75) is 26.3 Å². The molecule has 0 amide bonds. The predicted octanol–water partition coefficient (Wildman–Crippen LogP) is 2.67. The molecule has 19 heavy (non-hydrogen) atoms. The zero-order valence-corrected chi connectivity index (χ0v) is 12.3. The van der Waals surface area contributed by atoms with Gasteiger partial charge < -0.3 is 5.32 Å². The number of nitrogens with one attached hydrogen (secondary N) is 1. The van der Waals surface area contributed by atoms with E-state index in [2.05, 4.69) is 22.3 Å². The second-order valence-electron chi connectivity index (χ2n) is 4.57. The van der Waals surface area contributed by atoms with Gasteiger partial charge in [0, 0.05) is 31.0 Å². The molecule has 2 heterocycles. The Labute approximate surface area is 118 Å². The van der Waals surface area contributed by atoms with Gasteiger partial charge in [0.15, 0.2) is 0 Å². The number of likely N-dealkylation sites (N-methyl/N-ethyl adjacent to an activating group) is 1. The molecule has 1 N–H and O–H groups in total. The Hall–Kier alpha value is -1.39. The zero-order chi connectivity index (χ0) is 13.8.